The van der Waals surface area contributed by atoms with E-state index in [0.717, 1.165) is 5.69 Å². The molecular formula is C11H15N3O3. The molecule has 1 rings (SSSR count). The van der Waals surface area contributed by atoms with E-state index < -0.39 is 11.9 Å². The van der Waals surface area contributed by atoms with Crippen LogP contribution in [0.1, 0.15) is 12.1 Å². The smallest absolute Gasteiger partial charge is 0.304 e. The molecule has 3 N–H and O–H groups in total. The molecule has 6 nitrogen and oxygen atoms in total. The fourth-order valence-corrected chi connectivity index (χ4v) is 1.41. The minimum Gasteiger partial charge on any atom is -0.481 e. The normalized spacial score (nSPS) is 10.4. The van der Waals surface area contributed by atoms with Gasteiger partial charge in [-0.1, -0.05) is 6.07 Å². The highest BCUT2D eigenvalue weighted by Crippen LogP contribution is 2.01. The molecule has 0 spiro atoms. The fourth-order valence-electron chi connectivity index (χ4n) is 1.41. The second-order valence-electron chi connectivity index (χ2n) is 3.64. The number of rotatable bonds is 7. The van der Waals surface area contributed by atoms with Gasteiger partial charge in [0.2, 0.25) is 5.91 Å². The number of carbonyl (C=O) groups excluding carboxylic acids is 1. The van der Waals surface area contributed by atoms with Crippen molar-refractivity contribution < 1.29 is 14.7 Å². The van der Waals surface area contributed by atoms with E-state index in [2.05, 4.69) is 4.98 Å². The lowest BCUT2D eigenvalue weighted by Gasteiger charge is -2.19. The highest BCUT2D eigenvalue weighted by molar-refractivity contribution is 5.76. The standard InChI is InChI=1S/C11H15N3O3/c12-10(15)8-14(6-4-11(16)17)7-9-3-1-2-5-13-9/h1-3,5H,4,6-8H2,(H2,12,15)(H,16,17). The van der Waals surface area contributed by atoms with Crippen LogP contribution in [0.15, 0.2) is 24.4 Å². The van der Waals surface area contributed by atoms with E-state index in [0.29, 0.717) is 6.54 Å². The number of aliphatic carboxylic acids is 1. The number of nitrogens with two attached hydrogens (primary N) is 1. The number of primary amides is 1. The molecule has 1 aromatic rings. The summed E-state index contributed by atoms with van der Waals surface area (Å²) in [5, 5.41) is 8.60. The summed E-state index contributed by atoms with van der Waals surface area (Å²) in [5.74, 6) is -1.38. The summed E-state index contributed by atoms with van der Waals surface area (Å²) in [6.07, 6.45) is 1.62. The van der Waals surface area contributed by atoms with Crippen LogP contribution in [0.25, 0.3) is 0 Å². The zero-order chi connectivity index (χ0) is 12.7. The third-order valence-corrected chi connectivity index (χ3v) is 2.13. The highest BCUT2D eigenvalue weighted by atomic mass is 16.4. The fraction of sp³-hybridized carbons (Fsp3) is 0.364. The van der Waals surface area contributed by atoms with Gasteiger partial charge in [0.25, 0.3) is 0 Å². The van der Waals surface area contributed by atoms with Crippen LogP contribution in [-0.2, 0) is 16.1 Å². The summed E-state index contributed by atoms with van der Waals surface area (Å²) in [6, 6.07) is 5.44. The van der Waals surface area contributed by atoms with Gasteiger partial charge in [-0.05, 0) is 12.1 Å². The minimum atomic E-state index is -0.902. The summed E-state index contributed by atoms with van der Waals surface area (Å²) in [4.78, 5) is 27.1. The molecule has 0 radical (unpaired) electrons. The Kier molecular flexibility index (Phi) is 5.09. The Morgan fingerprint density at radius 2 is 2.18 bits per heavy atom. The van der Waals surface area contributed by atoms with E-state index in [9.17, 15) is 9.59 Å². The SMILES string of the molecule is NC(=O)CN(CCC(=O)O)Cc1ccccn1. The molecule has 0 bridgehead atoms. The van der Waals surface area contributed by atoms with Crippen LogP contribution in [0.5, 0.6) is 0 Å². The van der Waals surface area contributed by atoms with Gasteiger partial charge in [-0.3, -0.25) is 19.5 Å². The van der Waals surface area contributed by atoms with Crippen LogP contribution in [0.3, 0.4) is 0 Å². The number of hydrogen-bond acceptors (Lipinski definition) is 4. The van der Waals surface area contributed by atoms with Gasteiger partial charge in [0, 0.05) is 19.3 Å². The average molecular weight is 237 g/mol. The Labute approximate surface area is 99.1 Å². The average Bonchev–Trinajstić information content (AvgIpc) is 2.26. The quantitative estimate of drug-likeness (QED) is 0.687. The van der Waals surface area contributed by atoms with E-state index in [4.69, 9.17) is 10.8 Å². The van der Waals surface area contributed by atoms with E-state index in [1.165, 1.54) is 0 Å². The van der Waals surface area contributed by atoms with Crippen LogP contribution < -0.4 is 5.73 Å². The van der Waals surface area contributed by atoms with Gasteiger partial charge < -0.3 is 10.8 Å². The van der Waals surface area contributed by atoms with Gasteiger partial charge in [-0.25, -0.2) is 0 Å². The predicted molar refractivity (Wildman–Crippen MR) is 61.0 cm³/mol. The number of carboxylic acids is 1. The van der Waals surface area contributed by atoms with Crippen molar-refractivity contribution >= 4 is 11.9 Å². The molecule has 1 heterocycles. The predicted octanol–water partition coefficient (Wildman–Crippen LogP) is -0.156. The van der Waals surface area contributed by atoms with E-state index in [1.54, 1.807) is 17.2 Å². The van der Waals surface area contributed by atoms with E-state index >= 15 is 0 Å². The summed E-state index contributed by atoms with van der Waals surface area (Å²) in [7, 11) is 0. The number of carboxylic acid groups (broad SMARTS) is 1. The first-order chi connectivity index (χ1) is 8.08. The first kappa shape index (κ1) is 13.1. The molecule has 0 fully saturated rings. The highest BCUT2D eigenvalue weighted by Gasteiger charge is 2.11. The lowest BCUT2D eigenvalue weighted by molar-refractivity contribution is -0.137. The Balaban J connectivity index is 2.56. The van der Waals surface area contributed by atoms with Crippen LogP contribution in [0, 0.1) is 0 Å². The van der Waals surface area contributed by atoms with Gasteiger partial charge in [0.1, 0.15) is 0 Å². The number of hydrogen-bond donors (Lipinski definition) is 2. The Morgan fingerprint density at radius 3 is 2.71 bits per heavy atom. The largest absolute Gasteiger partial charge is 0.481 e. The molecule has 0 aliphatic carbocycles. The van der Waals surface area contributed by atoms with Gasteiger partial charge in [0.05, 0.1) is 18.7 Å². The van der Waals surface area contributed by atoms with Crippen molar-refractivity contribution in [3.8, 4) is 0 Å². The molecule has 0 aromatic carbocycles. The van der Waals surface area contributed by atoms with Crippen molar-refractivity contribution in [1.29, 1.82) is 0 Å². The maximum absolute atomic E-state index is 10.9. The number of nitrogens with zero attached hydrogens (tertiary/aromatic N) is 2. The lowest BCUT2D eigenvalue weighted by Crippen LogP contribution is -2.35. The number of pyridine rings is 1. The molecule has 6 heteroatoms. The van der Waals surface area contributed by atoms with Gasteiger partial charge in [0.15, 0.2) is 0 Å². The van der Waals surface area contributed by atoms with Gasteiger partial charge in [-0.15, -0.1) is 0 Å². The Hall–Kier alpha value is -1.95. The Bertz CT molecular complexity index is 381. The van der Waals surface area contributed by atoms with E-state index in [1.807, 2.05) is 12.1 Å². The first-order valence-electron chi connectivity index (χ1n) is 5.20. The molecule has 0 saturated carbocycles. The molecule has 92 valence electrons. The van der Waals surface area contributed by atoms with Crippen molar-refractivity contribution in [1.82, 2.24) is 9.88 Å². The third kappa shape index (κ3) is 5.62. The minimum absolute atomic E-state index is 0.0277. The van der Waals surface area contributed by atoms with Crippen LogP contribution in [0.2, 0.25) is 0 Å². The molecule has 17 heavy (non-hydrogen) atoms. The number of amides is 1. The topological polar surface area (TPSA) is 96.5 Å². The van der Waals surface area contributed by atoms with Gasteiger partial charge >= 0.3 is 5.97 Å². The molecule has 1 aromatic heterocycles. The molecule has 0 aliphatic heterocycles. The van der Waals surface area contributed by atoms with Crippen LogP contribution in [-0.4, -0.2) is 40.0 Å². The van der Waals surface area contributed by atoms with Crippen molar-refractivity contribution in [3.63, 3.8) is 0 Å². The number of carbonyl (C=O) groups is 2. The monoisotopic (exact) mass is 237 g/mol. The van der Waals surface area contributed by atoms with Crippen LogP contribution >= 0.6 is 0 Å². The van der Waals surface area contributed by atoms with Crippen molar-refractivity contribution in [3.05, 3.63) is 30.1 Å². The zero-order valence-corrected chi connectivity index (χ0v) is 9.37. The second-order valence-corrected chi connectivity index (χ2v) is 3.64. The Morgan fingerprint density at radius 1 is 1.41 bits per heavy atom. The van der Waals surface area contributed by atoms with Crippen molar-refractivity contribution in [2.45, 2.75) is 13.0 Å². The van der Waals surface area contributed by atoms with Crippen molar-refractivity contribution in [2.75, 3.05) is 13.1 Å². The summed E-state index contributed by atoms with van der Waals surface area (Å²) >= 11 is 0. The maximum Gasteiger partial charge on any atom is 0.304 e. The number of aromatic nitrogens is 1. The molecule has 0 saturated heterocycles. The summed E-state index contributed by atoms with van der Waals surface area (Å²) < 4.78 is 0. The lowest BCUT2D eigenvalue weighted by atomic mass is 10.3. The molecule has 1 amide bonds. The first-order valence-corrected chi connectivity index (χ1v) is 5.20. The van der Waals surface area contributed by atoms with Crippen LogP contribution in [0.4, 0.5) is 0 Å². The third-order valence-electron chi connectivity index (χ3n) is 2.13. The maximum atomic E-state index is 10.9. The zero-order valence-electron chi connectivity index (χ0n) is 9.37. The van der Waals surface area contributed by atoms with Crippen molar-refractivity contribution in [2.24, 2.45) is 5.73 Å². The molecular weight excluding hydrogens is 222 g/mol. The molecule has 0 aliphatic rings. The summed E-state index contributed by atoms with van der Waals surface area (Å²) in [6.45, 7) is 0.718. The molecule has 0 unspecified atom stereocenters. The molecule has 0 atom stereocenters. The van der Waals surface area contributed by atoms with Gasteiger partial charge in [-0.2, -0.15) is 0 Å². The summed E-state index contributed by atoms with van der Waals surface area (Å²) in [5.41, 5.74) is 5.88. The second kappa shape index (κ2) is 6.59. The van der Waals surface area contributed by atoms with E-state index in [-0.39, 0.29) is 19.5 Å².